The van der Waals surface area contributed by atoms with Crippen LogP contribution in [0.15, 0.2) is 36.5 Å². The summed E-state index contributed by atoms with van der Waals surface area (Å²) in [7, 11) is 1.28. The topological polar surface area (TPSA) is 72.0 Å². The number of pyridine rings is 1. The predicted molar refractivity (Wildman–Crippen MR) is 101 cm³/mol. The number of aromatic nitrogens is 1. The van der Waals surface area contributed by atoms with Crippen LogP contribution in [-0.2, 0) is 16.0 Å². The lowest BCUT2D eigenvalue weighted by Gasteiger charge is -2.33. The van der Waals surface area contributed by atoms with Crippen LogP contribution in [0.25, 0.3) is 0 Å². The second-order valence-corrected chi connectivity index (χ2v) is 6.52. The van der Waals surface area contributed by atoms with E-state index in [4.69, 9.17) is 16.3 Å². The summed E-state index contributed by atoms with van der Waals surface area (Å²) in [6.45, 7) is 2.01. The summed E-state index contributed by atoms with van der Waals surface area (Å²) in [5.41, 5.74) is 1.32. The van der Waals surface area contributed by atoms with Gasteiger partial charge in [-0.1, -0.05) is 17.7 Å². The van der Waals surface area contributed by atoms with Crippen LogP contribution in [0, 0.1) is 5.82 Å². The van der Waals surface area contributed by atoms with E-state index in [9.17, 15) is 14.0 Å². The molecule has 0 unspecified atom stereocenters. The Bertz CT molecular complexity index is 857. The van der Waals surface area contributed by atoms with Gasteiger partial charge in [0.15, 0.2) is 0 Å². The summed E-state index contributed by atoms with van der Waals surface area (Å²) in [6, 6.07) is 7.08. The number of methoxy groups -OCH3 is 1. The smallest absolute Gasteiger partial charge is 0.356 e. The summed E-state index contributed by atoms with van der Waals surface area (Å²) in [6.07, 6.45) is 1.50. The highest BCUT2D eigenvalue weighted by atomic mass is 35.5. The maximum absolute atomic E-state index is 13.6. The number of halogens is 2. The molecular formula is C19H19ClFN3O4. The first-order valence-electron chi connectivity index (χ1n) is 8.62. The van der Waals surface area contributed by atoms with E-state index in [0.717, 1.165) is 0 Å². The fraction of sp³-hybridized carbons (Fsp3) is 0.316. The molecule has 1 aromatic carbocycles. The molecule has 7 nitrogen and oxygen atoms in total. The Hall–Kier alpha value is -2.71. The Morgan fingerprint density at radius 1 is 1.29 bits per heavy atom. The quantitative estimate of drug-likeness (QED) is 0.728. The van der Waals surface area contributed by atoms with E-state index in [0.29, 0.717) is 37.6 Å². The number of esters is 1. The maximum Gasteiger partial charge on any atom is 0.356 e. The van der Waals surface area contributed by atoms with Crippen LogP contribution < -0.4 is 4.90 Å². The minimum Gasteiger partial charge on any atom is -0.464 e. The van der Waals surface area contributed by atoms with Gasteiger partial charge in [0.25, 0.3) is 0 Å². The number of urea groups is 1. The van der Waals surface area contributed by atoms with Crippen LogP contribution in [0.4, 0.5) is 14.9 Å². The van der Waals surface area contributed by atoms with Gasteiger partial charge in [0, 0.05) is 25.0 Å². The second kappa shape index (κ2) is 8.99. The molecule has 2 amide bonds. The molecule has 0 saturated carbocycles. The van der Waals surface area contributed by atoms with Gasteiger partial charge in [-0.3, -0.25) is 4.90 Å². The molecule has 0 atom stereocenters. The zero-order chi connectivity index (χ0) is 20.1. The van der Waals surface area contributed by atoms with E-state index in [1.165, 1.54) is 42.5 Å². The van der Waals surface area contributed by atoms with Crippen LogP contribution in [0.5, 0.6) is 0 Å². The van der Waals surface area contributed by atoms with Gasteiger partial charge in [0.1, 0.15) is 11.5 Å². The van der Waals surface area contributed by atoms with Crippen LogP contribution in [0.1, 0.15) is 16.1 Å². The molecule has 1 saturated heterocycles. The molecule has 1 aliphatic rings. The van der Waals surface area contributed by atoms with E-state index in [-0.39, 0.29) is 23.3 Å². The number of anilines is 1. The molecule has 0 aliphatic carbocycles. The van der Waals surface area contributed by atoms with Gasteiger partial charge in [-0.05, 0) is 29.8 Å². The van der Waals surface area contributed by atoms with Crippen molar-refractivity contribution in [1.82, 2.24) is 9.88 Å². The van der Waals surface area contributed by atoms with Crippen molar-refractivity contribution in [2.24, 2.45) is 0 Å². The van der Waals surface area contributed by atoms with Gasteiger partial charge < -0.3 is 14.4 Å². The number of amides is 2. The number of carbonyl (C=O) groups is 2. The van der Waals surface area contributed by atoms with Crippen molar-refractivity contribution in [3.05, 3.63) is 58.6 Å². The molecule has 0 bridgehead atoms. The van der Waals surface area contributed by atoms with E-state index in [1.54, 1.807) is 11.0 Å². The van der Waals surface area contributed by atoms with Gasteiger partial charge in [0.2, 0.25) is 0 Å². The van der Waals surface area contributed by atoms with Crippen molar-refractivity contribution in [2.75, 3.05) is 38.3 Å². The Kier molecular flexibility index (Phi) is 6.43. The van der Waals surface area contributed by atoms with E-state index >= 15 is 0 Å². The van der Waals surface area contributed by atoms with Gasteiger partial charge >= 0.3 is 12.0 Å². The average molecular weight is 408 g/mol. The molecule has 2 aromatic rings. The van der Waals surface area contributed by atoms with Crippen LogP contribution >= 0.6 is 11.6 Å². The first-order chi connectivity index (χ1) is 13.5. The number of rotatable bonds is 4. The van der Waals surface area contributed by atoms with Gasteiger partial charge in [-0.2, -0.15) is 0 Å². The van der Waals surface area contributed by atoms with E-state index in [1.807, 2.05) is 0 Å². The molecular weight excluding hydrogens is 389 g/mol. The largest absolute Gasteiger partial charge is 0.464 e. The molecule has 0 N–H and O–H groups in total. The zero-order valence-corrected chi connectivity index (χ0v) is 16.0. The van der Waals surface area contributed by atoms with Crippen LogP contribution in [-0.4, -0.2) is 55.3 Å². The standard InChI is InChI=1S/C19H19ClFN3O4/c1-27-18(25)17-5-2-13(11-22-17)12-24(14-3-4-16(21)15(20)10-14)19(26)23-6-8-28-9-7-23/h2-5,10-11H,6-9,12H2,1H3. The van der Waals surface area contributed by atoms with Crippen molar-refractivity contribution in [2.45, 2.75) is 6.54 Å². The summed E-state index contributed by atoms with van der Waals surface area (Å²) in [5.74, 6) is -1.11. The molecule has 0 radical (unpaired) electrons. The lowest BCUT2D eigenvalue weighted by molar-refractivity contribution is 0.0548. The molecule has 28 heavy (non-hydrogen) atoms. The number of benzene rings is 1. The fourth-order valence-electron chi connectivity index (χ4n) is 2.77. The van der Waals surface area contributed by atoms with Crippen LogP contribution in [0.2, 0.25) is 5.02 Å². The highest BCUT2D eigenvalue weighted by molar-refractivity contribution is 6.31. The van der Waals surface area contributed by atoms with Crippen molar-refractivity contribution < 1.29 is 23.5 Å². The number of hydrogen-bond donors (Lipinski definition) is 0. The lowest BCUT2D eigenvalue weighted by Crippen LogP contribution is -2.48. The molecule has 9 heteroatoms. The monoisotopic (exact) mass is 407 g/mol. The van der Waals surface area contributed by atoms with Gasteiger partial charge in [-0.25, -0.2) is 19.0 Å². The third-order valence-electron chi connectivity index (χ3n) is 4.29. The highest BCUT2D eigenvalue weighted by Gasteiger charge is 2.25. The Morgan fingerprint density at radius 2 is 2.04 bits per heavy atom. The molecule has 1 aromatic heterocycles. The van der Waals surface area contributed by atoms with Crippen molar-refractivity contribution >= 4 is 29.3 Å². The minimum atomic E-state index is -0.562. The molecule has 1 aliphatic heterocycles. The third-order valence-corrected chi connectivity index (χ3v) is 4.58. The van der Waals surface area contributed by atoms with Gasteiger partial charge in [0.05, 0.1) is 31.9 Å². The highest BCUT2D eigenvalue weighted by Crippen LogP contribution is 2.25. The second-order valence-electron chi connectivity index (χ2n) is 6.11. The number of hydrogen-bond acceptors (Lipinski definition) is 5. The van der Waals surface area contributed by atoms with Crippen molar-refractivity contribution in [3.8, 4) is 0 Å². The molecule has 3 rings (SSSR count). The molecule has 0 spiro atoms. The average Bonchev–Trinajstić information content (AvgIpc) is 2.74. The maximum atomic E-state index is 13.6. The van der Waals surface area contributed by atoms with E-state index in [2.05, 4.69) is 9.72 Å². The van der Waals surface area contributed by atoms with Crippen LogP contribution in [0.3, 0.4) is 0 Å². The zero-order valence-electron chi connectivity index (χ0n) is 15.2. The first kappa shape index (κ1) is 20.0. The normalized spacial score (nSPS) is 13.9. The number of carbonyl (C=O) groups excluding carboxylic acids is 2. The predicted octanol–water partition coefficient (Wildman–Crippen LogP) is 3.12. The molecule has 148 valence electrons. The van der Waals surface area contributed by atoms with Crippen molar-refractivity contribution in [3.63, 3.8) is 0 Å². The number of nitrogens with zero attached hydrogens (tertiary/aromatic N) is 3. The molecule has 2 heterocycles. The Balaban J connectivity index is 1.87. The Labute approximate surface area is 166 Å². The number of morpholine rings is 1. The SMILES string of the molecule is COC(=O)c1ccc(CN(C(=O)N2CCOCC2)c2ccc(F)c(Cl)c2)cn1. The number of ether oxygens (including phenoxy) is 2. The summed E-state index contributed by atoms with van der Waals surface area (Å²) < 4.78 is 23.5. The van der Waals surface area contributed by atoms with Gasteiger partial charge in [-0.15, -0.1) is 0 Å². The first-order valence-corrected chi connectivity index (χ1v) is 9.00. The van der Waals surface area contributed by atoms with Crippen molar-refractivity contribution in [1.29, 1.82) is 0 Å². The Morgan fingerprint density at radius 3 is 2.64 bits per heavy atom. The third kappa shape index (κ3) is 4.58. The summed E-state index contributed by atoms with van der Waals surface area (Å²) in [5, 5.41) is -0.0727. The lowest BCUT2D eigenvalue weighted by atomic mass is 10.2. The minimum absolute atomic E-state index is 0.0727. The van der Waals surface area contributed by atoms with E-state index < -0.39 is 11.8 Å². The summed E-state index contributed by atoms with van der Waals surface area (Å²) in [4.78, 5) is 31.8. The summed E-state index contributed by atoms with van der Waals surface area (Å²) >= 11 is 5.91. The fourth-order valence-corrected chi connectivity index (χ4v) is 2.95. The molecule has 1 fully saturated rings.